The van der Waals surface area contributed by atoms with Crippen molar-refractivity contribution in [1.82, 2.24) is 9.62 Å². The third kappa shape index (κ3) is 1.88. The monoisotopic (exact) mass is 330 g/mol. The average Bonchev–Trinajstić information content (AvgIpc) is 2.88. The number of halogens is 1. The summed E-state index contributed by atoms with van der Waals surface area (Å²) in [7, 11) is -4.16. The molecule has 0 saturated carbocycles. The second kappa shape index (κ2) is 4.44. The lowest BCUT2D eigenvalue weighted by atomic mass is 10.3. The Morgan fingerprint density at radius 1 is 1.25 bits per heavy atom. The molecular weight excluding hydrogens is 324 g/mol. The first-order valence-corrected chi connectivity index (χ1v) is 8.08. The lowest BCUT2D eigenvalue weighted by molar-refractivity contribution is -0.118. The first-order valence-electron chi connectivity index (χ1n) is 5.45. The zero-order valence-corrected chi connectivity index (χ0v) is 12.2. The van der Waals surface area contributed by atoms with Crippen LogP contribution in [-0.2, 0) is 14.8 Å². The predicted molar refractivity (Wildman–Crippen MR) is 74.3 cm³/mol. The van der Waals surface area contributed by atoms with E-state index < -0.39 is 28.5 Å². The van der Waals surface area contributed by atoms with Gasteiger partial charge in [0.2, 0.25) is 5.91 Å². The van der Waals surface area contributed by atoms with Gasteiger partial charge in [-0.15, -0.1) is 11.3 Å². The molecule has 1 aliphatic heterocycles. The van der Waals surface area contributed by atoms with Crippen LogP contribution in [0.2, 0.25) is 4.34 Å². The van der Waals surface area contributed by atoms with Crippen molar-refractivity contribution in [3.8, 4) is 0 Å². The Hall–Kier alpha value is -1.64. The van der Waals surface area contributed by atoms with Gasteiger partial charge < -0.3 is 0 Å². The van der Waals surface area contributed by atoms with Crippen LogP contribution in [-0.4, -0.2) is 31.2 Å². The number of hydrogen-bond acceptors (Lipinski definition) is 5. The molecule has 1 N–H and O–H groups in total. The summed E-state index contributed by atoms with van der Waals surface area (Å²) >= 11 is 7.12. The zero-order chi connectivity index (χ0) is 14.5. The summed E-state index contributed by atoms with van der Waals surface area (Å²) in [5.41, 5.74) is 0. The Morgan fingerprint density at radius 3 is 2.60 bits per heavy atom. The minimum absolute atomic E-state index is 0.0679. The Morgan fingerprint density at radius 2 is 1.95 bits per heavy atom. The molecule has 2 heterocycles. The molecule has 3 amide bonds. The van der Waals surface area contributed by atoms with Crippen molar-refractivity contribution in [2.24, 2.45) is 0 Å². The molecule has 104 valence electrons. The van der Waals surface area contributed by atoms with Gasteiger partial charge in [-0.1, -0.05) is 29.8 Å². The second-order valence-corrected chi connectivity index (χ2v) is 7.52. The third-order valence-electron chi connectivity index (χ3n) is 2.82. The highest BCUT2D eigenvalue weighted by Crippen LogP contribution is 2.39. The Labute approximate surface area is 123 Å². The summed E-state index contributed by atoms with van der Waals surface area (Å²) in [5.74, 6) is -0.658. The van der Waals surface area contributed by atoms with Gasteiger partial charge in [0.1, 0.15) is 15.8 Å². The number of rotatable bonds is 2. The quantitative estimate of drug-likeness (QED) is 0.851. The van der Waals surface area contributed by atoms with Gasteiger partial charge in [0.15, 0.2) is 0 Å². The minimum Gasteiger partial charge on any atom is -0.275 e. The fraction of sp³-hybridized carbons (Fsp3) is 0.0909. The first-order chi connectivity index (χ1) is 9.41. The molecule has 6 nitrogen and oxygen atoms in total. The SMILES string of the molecule is O=C1CN(S(=O)(=O)c2c(Cl)sc3ccccc23)C(=O)N1. The molecule has 0 aliphatic carbocycles. The van der Waals surface area contributed by atoms with Crippen molar-refractivity contribution in [3.05, 3.63) is 28.6 Å². The smallest absolute Gasteiger partial charge is 0.275 e. The highest BCUT2D eigenvalue weighted by Gasteiger charge is 2.39. The van der Waals surface area contributed by atoms with Gasteiger partial charge in [-0.25, -0.2) is 17.5 Å². The number of nitrogens with one attached hydrogen (secondary N) is 1. The largest absolute Gasteiger partial charge is 0.338 e. The molecule has 1 aromatic heterocycles. The fourth-order valence-corrected chi connectivity index (χ4v) is 5.36. The fourth-order valence-electron chi connectivity index (χ4n) is 1.96. The van der Waals surface area contributed by atoms with Crippen LogP contribution in [0.25, 0.3) is 10.1 Å². The van der Waals surface area contributed by atoms with E-state index >= 15 is 0 Å². The van der Waals surface area contributed by atoms with E-state index in [4.69, 9.17) is 11.6 Å². The Balaban J connectivity index is 2.22. The van der Waals surface area contributed by atoms with Crippen molar-refractivity contribution >= 4 is 55.0 Å². The van der Waals surface area contributed by atoms with Gasteiger partial charge >= 0.3 is 6.03 Å². The number of nitrogens with zero attached hydrogens (tertiary/aromatic N) is 1. The number of fused-ring (bicyclic) bond motifs is 1. The summed E-state index contributed by atoms with van der Waals surface area (Å²) in [4.78, 5) is 22.6. The van der Waals surface area contributed by atoms with Crippen LogP contribution in [0.15, 0.2) is 29.2 Å². The van der Waals surface area contributed by atoms with Crippen molar-refractivity contribution in [3.63, 3.8) is 0 Å². The van der Waals surface area contributed by atoms with E-state index in [0.717, 1.165) is 11.3 Å². The van der Waals surface area contributed by atoms with E-state index in [0.29, 0.717) is 14.4 Å². The predicted octanol–water partition coefficient (Wildman–Crippen LogP) is 1.80. The molecule has 9 heteroatoms. The Bertz CT molecular complexity index is 843. The van der Waals surface area contributed by atoms with Crippen molar-refractivity contribution in [2.75, 3.05) is 6.54 Å². The molecule has 1 saturated heterocycles. The maximum Gasteiger partial charge on any atom is 0.338 e. The van der Waals surface area contributed by atoms with E-state index in [1.54, 1.807) is 24.3 Å². The summed E-state index contributed by atoms with van der Waals surface area (Å²) in [6.07, 6.45) is 0. The molecule has 2 aromatic rings. The van der Waals surface area contributed by atoms with Gasteiger partial charge in [-0.05, 0) is 6.07 Å². The number of thiophene rings is 1. The molecule has 1 aliphatic rings. The zero-order valence-electron chi connectivity index (χ0n) is 9.79. The van der Waals surface area contributed by atoms with Crippen LogP contribution in [0, 0.1) is 0 Å². The van der Waals surface area contributed by atoms with Crippen molar-refractivity contribution < 1.29 is 18.0 Å². The lowest BCUT2D eigenvalue weighted by Crippen LogP contribution is -2.34. The van der Waals surface area contributed by atoms with E-state index in [1.807, 2.05) is 5.32 Å². The van der Waals surface area contributed by atoms with Crippen LogP contribution in [0.4, 0.5) is 4.79 Å². The summed E-state index contributed by atoms with van der Waals surface area (Å²) in [5, 5.41) is 2.37. The topological polar surface area (TPSA) is 83.6 Å². The van der Waals surface area contributed by atoms with Gasteiger partial charge in [-0.3, -0.25) is 10.1 Å². The molecule has 1 fully saturated rings. The summed E-state index contributed by atoms with van der Waals surface area (Å²) < 4.78 is 26.3. The van der Waals surface area contributed by atoms with Gasteiger partial charge in [0.25, 0.3) is 10.0 Å². The van der Waals surface area contributed by atoms with Crippen LogP contribution >= 0.6 is 22.9 Å². The normalized spacial score (nSPS) is 15.9. The molecular formula is C11H7ClN2O4S2. The summed E-state index contributed by atoms with van der Waals surface area (Å²) in [6, 6.07) is 5.83. The van der Waals surface area contributed by atoms with Crippen LogP contribution in [0.5, 0.6) is 0 Å². The van der Waals surface area contributed by atoms with E-state index in [1.165, 1.54) is 0 Å². The second-order valence-electron chi connectivity index (χ2n) is 4.07. The number of sulfonamides is 1. The van der Waals surface area contributed by atoms with Crippen LogP contribution < -0.4 is 5.32 Å². The standard InChI is InChI=1S/C11H7ClN2O4S2/c12-10-9(6-3-1-2-4-7(6)19-10)20(17,18)14-5-8(15)13-11(14)16/h1-4H,5H2,(H,13,15,16). The molecule has 3 rings (SSSR count). The third-order valence-corrected chi connectivity index (χ3v) is 6.25. The molecule has 0 unspecified atom stereocenters. The number of benzene rings is 1. The van der Waals surface area contributed by atoms with Crippen molar-refractivity contribution in [1.29, 1.82) is 0 Å². The maximum absolute atomic E-state index is 12.5. The number of carbonyl (C=O) groups is 2. The van der Waals surface area contributed by atoms with Crippen LogP contribution in [0.1, 0.15) is 0 Å². The number of imide groups is 1. The van der Waals surface area contributed by atoms with Gasteiger partial charge in [0, 0.05) is 10.1 Å². The van der Waals surface area contributed by atoms with E-state index in [2.05, 4.69) is 0 Å². The van der Waals surface area contributed by atoms with Gasteiger partial charge in [0.05, 0.1) is 0 Å². The maximum atomic E-state index is 12.5. The Kier molecular flexibility index (Phi) is 2.96. The molecule has 0 spiro atoms. The highest BCUT2D eigenvalue weighted by atomic mass is 35.5. The number of carbonyl (C=O) groups excluding carboxylic acids is 2. The number of hydrogen-bond donors (Lipinski definition) is 1. The van der Waals surface area contributed by atoms with Crippen molar-refractivity contribution in [2.45, 2.75) is 4.90 Å². The van der Waals surface area contributed by atoms with E-state index in [9.17, 15) is 18.0 Å². The number of urea groups is 1. The van der Waals surface area contributed by atoms with Gasteiger partial charge in [-0.2, -0.15) is 0 Å². The van der Waals surface area contributed by atoms with E-state index in [-0.39, 0.29) is 9.23 Å². The minimum atomic E-state index is -4.16. The molecule has 0 bridgehead atoms. The molecule has 1 aromatic carbocycles. The van der Waals surface area contributed by atoms with Crippen LogP contribution in [0.3, 0.4) is 0 Å². The number of amides is 3. The summed E-state index contributed by atoms with van der Waals surface area (Å²) in [6.45, 7) is -0.526. The molecule has 0 atom stereocenters. The highest BCUT2D eigenvalue weighted by molar-refractivity contribution is 7.90. The molecule has 20 heavy (non-hydrogen) atoms. The lowest BCUT2D eigenvalue weighted by Gasteiger charge is -2.13. The molecule has 0 radical (unpaired) electrons. The average molecular weight is 331 g/mol. The first kappa shape index (κ1) is 13.3.